The van der Waals surface area contributed by atoms with Crippen molar-refractivity contribution in [3.8, 4) is 0 Å². The minimum absolute atomic E-state index is 0.0290. The summed E-state index contributed by atoms with van der Waals surface area (Å²) in [5.41, 5.74) is 0. The first-order chi connectivity index (χ1) is 17.6. The first-order valence-electron chi connectivity index (χ1n) is 13.5. The number of ether oxygens (including phenoxy) is 3. The molecule has 11 atom stereocenters. The summed E-state index contributed by atoms with van der Waals surface area (Å²) in [5, 5.41) is 80.7. The van der Waals surface area contributed by atoms with Gasteiger partial charge in [-0.2, -0.15) is 0 Å². The van der Waals surface area contributed by atoms with Crippen molar-refractivity contribution in [3.05, 3.63) is 0 Å². The molecule has 2 fully saturated rings. The van der Waals surface area contributed by atoms with E-state index in [1.54, 1.807) is 0 Å². The summed E-state index contributed by atoms with van der Waals surface area (Å²) in [6, 6.07) is 0. The minimum atomic E-state index is -1.87. The van der Waals surface area contributed by atoms with Crippen LogP contribution in [0, 0.1) is 0 Å². The Morgan fingerprint density at radius 3 is 1.68 bits per heavy atom. The van der Waals surface area contributed by atoms with Crippen LogP contribution in [0.1, 0.15) is 77.6 Å². The Morgan fingerprint density at radius 1 is 0.649 bits per heavy atom. The predicted molar refractivity (Wildman–Crippen MR) is 129 cm³/mol. The maximum Gasteiger partial charge on any atom is 0.306 e. The lowest BCUT2D eigenvalue weighted by atomic mass is 9.84. The molecule has 0 aromatic heterocycles. The Hall–Kier alpha value is -0.930. The van der Waals surface area contributed by atoms with Crippen LogP contribution in [0.3, 0.4) is 0 Å². The second kappa shape index (κ2) is 16.2. The van der Waals surface area contributed by atoms with Gasteiger partial charge in [0.05, 0.1) is 6.61 Å². The zero-order chi connectivity index (χ0) is 27.5. The summed E-state index contributed by atoms with van der Waals surface area (Å²) in [7, 11) is 0. The number of rotatable bonds is 15. The third kappa shape index (κ3) is 9.06. The number of hydrogen-bond donors (Lipinski definition) is 8. The van der Waals surface area contributed by atoms with E-state index in [0.29, 0.717) is 6.42 Å². The van der Waals surface area contributed by atoms with Gasteiger partial charge in [-0.3, -0.25) is 4.79 Å². The smallest absolute Gasteiger partial charge is 0.306 e. The maximum atomic E-state index is 12.5. The highest BCUT2D eigenvalue weighted by molar-refractivity contribution is 5.69. The highest BCUT2D eigenvalue weighted by Gasteiger charge is 2.54. The SMILES string of the molecule is CCCCCCCCCCCCC(=O)O[C@@H]1[C@H](O)[C@H](O)[C@H](O)[C@H](O)[C@@H]1O[C@@H]1O[C@H](CO)[C@H](O)[C@H](O)[C@H]1O. The molecule has 0 radical (unpaired) electrons. The van der Waals surface area contributed by atoms with E-state index in [1.807, 2.05) is 0 Å². The third-order valence-corrected chi connectivity index (χ3v) is 7.19. The molecule has 37 heavy (non-hydrogen) atoms. The van der Waals surface area contributed by atoms with Crippen molar-refractivity contribution >= 4 is 5.97 Å². The number of esters is 1. The molecule has 2 aliphatic rings. The van der Waals surface area contributed by atoms with Crippen LogP contribution in [0.4, 0.5) is 0 Å². The van der Waals surface area contributed by atoms with E-state index in [-0.39, 0.29) is 6.42 Å². The molecular weight excluding hydrogens is 492 g/mol. The van der Waals surface area contributed by atoms with Crippen molar-refractivity contribution < 1.29 is 59.9 Å². The highest BCUT2D eigenvalue weighted by atomic mass is 16.7. The number of hydrogen-bond acceptors (Lipinski definition) is 12. The number of carbonyl (C=O) groups excluding carboxylic acids is 1. The van der Waals surface area contributed by atoms with Crippen molar-refractivity contribution in [1.29, 1.82) is 0 Å². The van der Waals surface area contributed by atoms with Crippen LogP contribution in [0.15, 0.2) is 0 Å². The summed E-state index contributed by atoms with van der Waals surface area (Å²) in [6.07, 6.45) is -8.20. The molecule has 0 unspecified atom stereocenters. The van der Waals surface area contributed by atoms with Crippen LogP contribution in [0.2, 0.25) is 0 Å². The van der Waals surface area contributed by atoms with Crippen LogP contribution in [0.5, 0.6) is 0 Å². The average molecular weight is 539 g/mol. The maximum absolute atomic E-state index is 12.5. The molecule has 2 rings (SSSR count). The number of aliphatic hydroxyl groups excluding tert-OH is 8. The van der Waals surface area contributed by atoms with Gasteiger partial charge < -0.3 is 55.1 Å². The van der Waals surface area contributed by atoms with Crippen molar-refractivity contribution in [2.24, 2.45) is 0 Å². The standard InChI is InChI=1S/C25H46O12/c1-2-3-4-5-6-7-8-9-10-11-12-15(27)36-23-20(32)18(30)19(31)21(33)24(23)37-25-22(34)17(29)16(28)14(13-26)35-25/h14,16-26,28-34H,2-13H2,1H3/t14-,16+,17+,18-,19+,20-,21+,22-,23-,24+,25+/m1/s1. The van der Waals surface area contributed by atoms with Crippen molar-refractivity contribution in [2.45, 2.75) is 145 Å². The van der Waals surface area contributed by atoms with Gasteiger partial charge in [0.15, 0.2) is 12.4 Å². The molecule has 1 aliphatic heterocycles. The van der Waals surface area contributed by atoms with Gasteiger partial charge in [0.1, 0.15) is 54.9 Å². The molecule has 1 saturated carbocycles. The van der Waals surface area contributed by atoms with Crippen LogP contribution >= 0.6 is 0 Å². The van der Waals surface area contributed by atoms with Crippen molar-refractivity contribution in [2.75, 3.05) is 6.61 Å². The van der Waals surface area contributed by atoms with Crippen LogP contribution < -0.4 is 0 Å². The number of carbonyl (C=O) groups is 1. The fraction of sp³-hybridized carbons (Fsp3) is 0.960. The van der Waals surface area contributed by atoms with Gasteiger partial charge in [0.25, 0.3) is 0 Å². The quantitative estimate of drug-likeness (QED) is 0.0919. The monoisotopic (exact) mass is 538 g/mol. The average Bonchev–Trinajstić information content (AvgIpc) is 2.89. The highest BCUT2D eigenvalue weighted by Crippen LogP contribution is 2.31. The lowest BCUT2D eigenvalue weighted by molar-refractivity contribution is -0.340. The van der Waals surface area contributed by atoms with Gasteiger partial charge in [-0.1, -0.05) is 64.7 Å². The second-order valence-corrected chi connectivity index (χ2v) is 10.1. The van der Waals surface area contributed by atoms with Gasteiger partial charge in [-0.25, -0.2) is 0 Å². The fourth-order valence-electron chi connectivity index (χ4n) is 4.78. The number of aliphatic hydroxyl groups is 8. The normalized spacial score (nSPS) is 38.5. The Kier molecular flexibility index (Phi) is 14.2. The Bertz CT molecular complexity index is 649. The molecule has 1 heterocycles. The lowest BCUT2D eigenvalue weighted by Gasteiger charge is -2.46. The zero-order valence-corrected chi connectivity index (χ0v) is 21.5. The summed E-state index contributed by atoms with van der Waals surface area (Å²) in [4.78, 5) is 12.5. The van der Waals surface area contributed by atoms with E-state index in [9.17, 15) is 45.6 Å². The van der Waals surface area contributed by atoms with E-state index in [0.717, 1.165) is 25.7 Å². The minimum Gasteiger partial charge on any atom is -0.457 e. The first kappa shape index (κ1) is 32.3. The Labute approximate surface area is 217 Å². The summed E-state index contributed by atoms with van der Waals surface area (Å²) >= 11 is 0. The van der Waals surface area contributed by atoms with Gasteiger partial charge in [0, 0.05) is 6.42 Å². The Balaban J connectivity index is 1.89. The topological polar surface area (TPSA) is 207 Å². The van der Waals surface area contributed by atoms with Gasteiger partial charge in [-0.15, -0.1) is 0 Å². The molecule has 1 aliphatic carbocycles. The molecule has 218 valence electrons. The van der Waals surface area contributed by atoms with Crippen molar-refractivity contribution in [3.63, 3.8) is 0 Å². The predicted octanol–water partition coefficient (Wildman–Crippen LogP) is -1.15. The molecule has 8 N–H and O–H groups in total. The molecule has 12 nitrogen and oxygen atoms in total. The zero-order valence-electron chi connectivity index (χ0n) is 21.5. The van der Waals surface area contributed by atoms with Gasteiger partial charge in [0.2, 0.25) is 0 Å². The van der Waals surface area contributed by atoms with E-state index >= 15 is 0 Å². The van der Waals surface area contributed by atoms with Gasteiger partial charge in [-0.05, 0) is 6.42 Å². The molecule has 0 bridgehead atoms. The van der Waals surface area contributed by atoms with E-state index in [1.165, 1.54) is 32.1 Å². The number of unbranched alkanes of at least 4 members (excludes halogenated alkanes) is 9. The largest absolute Gasteiger partial charge is 0.457 e. The van der Waals surface area contributed by atoms with Gasteiger partial charge >= 0.3 is 5.97 Å². The van der Waals surface area contributed by atoms with Crippen LogP contribution in [0.25, 0.3) is 0 Å². The molecular formula is C25H46O12. The molecule has 0 aromatic rings. The van der Waals surface area contributed by atoms with E-state index in [2.05, 4.69) is 6.92 Å². The second-order valence-electron chi connectivity index (χ2n) is 10.1. The van der Waals surface area contributed by atoms with Crippen LogP contribution in [-0.2, 0) is 19.0 Å². The van der Waals surface area contributed by atoms with Crippen LogP contribution in [-0.4, -0.2) is 121 Å². The molecule has 0 amide bonds. The summed E-state index contributed by atoms with van der Waals surface area (Å²) in [5.74, 6) is -0.707. The molecule has 12 heteroatoms. The molecule has 1 saturated heterocycles. The third-order valence-electron chi connectivity index (χ3n) is 7.19. The lowest BCUT2D eigenvalue weighted by Crippen LogP contribution is -2.67. The van der Waals surface area contributed by atoms with E-state index in [4.69, 9.17) is 14.2 Å². The summed E-state index contributed by atoms with van der Waals surface area (Å²) in [6.45, 7) is 1.46. The Morgan fingerprint density at radius 2 is 1.14 bits per heavy atom. The van der Waals surface area contributed by atoms with E-state index < -0.39 is 79.9 Å². The van der Waals surface area contributed by atoms with Crippen molar-refractivity contribution in [1.82, 2.24) is 0 Å². The first-order valence-corrected chi connectivity index (χ1v) is 13.5. The summed E-state index contributed by atoms with van der Waals surface area (Å²) < 4.78 is 16.1. The fourth-order valence-corrected chi connectivity index (χ4v) is 4.78. The molecule has 0 spiro atoms. The molecule has 0 aromatic carbocycles.